The number of hydrogen-bond acceptors (Lipinski definition) is 1. The molecule has 0 unspecified atom stereocenters. The minimum atomic E-state index is -0.284. The lowest BCUT2D eigenvalue weighted by Gasteiger charge is -1.94. The molecule has 2 heteroatoms. The third-order valence-corrected chi connectivity index (χ3v) is 1.57. The van der Waals surface area contributed by atoms with Crippen molar-refractivity contribution >= 4 is 5.71 Å². The van der Waals surface area contributed by atoms with Gasteiger partial charge in [0, 0.05) is 6.20 Å². The highest BCUT2D eigenvalue weighted by Crippen LogP contribution is 2.05. The zero-order chi connectivity index (χ0) is 10.3. The van der Waals surface area contributed by atoms with Gasteiger partial charge in [0.1, 0.15) is 5.83 Å². The molecule has 0 aromatic heterocycles. The van der Waals surface area contributed by atoms with Gasteiger partial charge in [0.25, 0.3) is 0 Å². The lowest BCUT2D eigenvalue weighted by atomic mass is 10.2. The lowest BCUT2D eigenvalue weighted by Crippen LogP contribution is -1.90. The summed E-state index contributed by atoms with van der Waals surface area (Å²) in [6, 6.07) is 0. The quantitative estimate of drug-likeness (QED) is 0.464. The largest absolute Gasteiger partial charge is 0.259 e. The Morgan fingerprint density at radius 1 is 1.23 bits per heavy atom. The molecule has 72 valence electrons. The summed E-state index contributed by atoms with van der Waals surface area (Å²) in [7, 11) is 0. The smallest absolute Gasteiger partial charge is 0.144 e. The fourth-order valence-electron chi connectivity index (χ4n) is 0.636. The van der Waals surface area contributed by atoms with Crippen LogP contribution in [-0.4, -0.2) is 5.71 Å². The number of allylic oxidation sites excluding steroid dienone is 5. The molecule has 0 aliphatic heterocycles. The SMILES string of the molecule is C\C=C/N=C(C)\C(F)=C/C(C)=C\C. The maximum absolute atomic E-state index is 13.2. The second-order valence-corrected chi connectivity index (χ2v) is 2.72. The molecule has 0 amide bonds. The van der Waals surface area contributed by atoms with Gasteiger partial charge in [0.2, 0.25) is 0 Å². The highest BCUT2D eigenvalue weighted by Gasteiger charge is 1.97. The molecule has 0 aliphatic carbocycles. The van der Waals surface area contributed by atoms with Crippen LogP contribution in [0.25, 0.3) is 0 Å². The Hall–Kier alpha value is -1.18. The van der Waals surface area contributed by atoms with E-state index in [-0.39, 0.29) is 5.83 Å². The first-order valence-corrected chi connectivity index (χ1v) is 4.27. The Bertz CT molecular complexity index is 270. The average Bonchev–Trinajstić information content (AvgIpc) is 2.13. The topological polar surface area (TPSA) is 12.4 Å². The van der Waals surface area contributed by atoms with Crippen molar-refractivity contribution in [2.45, 2.75) is 27.7 Å². The molecular weight excluding hydrogens is 165 g/mol. The van der Waals surface area contributed by atoms with Gasteiger partial charge in [-0.25, -0.2) is 4.39 Å². The summed E-state index contributed by atoms with van der Waals surface area (Å²) < 4.78 is 13.2. The molecular formula is C11H16FN. The van der Waals surface area contributed by atoms with Crippen LogP contribution in [0, 0.1) is 0 Å². The molecule has 13 heavy (non-hydrogen) atoms. The molecule has 0 spiro atoms. The first kappa shape index (κ1) is 11.8. The summed E-state index contributed by atoms with van der Waals surface area (Å²) in [4.78, 5) is 3.90. The third kappa shape index (κ3) is 5.12. The number of nitrogens with zero attached hydrogens (tertiary/aromatic N) is 1. The molecule has 0 aliphatic rings. The van der Waals surface area contributed by atoms with Gasteiger partial charge in [-0.1, -0.05) is 17.7 Å². The zero-order valence-corrected chi connectivity index (χ0v) is 8.63. The highest BCUT2D eigenvalue weighted by molar-refractivity contribution is 5.96. The van der Waals surface area contributed by atoms with Crippen LogP contribution in [0.15, 0.2) is 40.8 Å². The van der Waals surface area contributed by atoms with E-state index in [0.717, 1.165) is 5.57 Å². The van der Waals surface area contributed by atoms with Crippen molar-refractivity contribution in [1.29, 1.82) is 0 Å². The van der Waals surface area contributed by atoms with E-state index in [0.29, 0.717) is 5.71 Å². The minimum Gasteiger partial charge on any atom is -0.259 e. The monoisotopic (exact) mass is 181 g/mol. The second-order valence-electron chi connectivity index (χ2n) is 2.72. The van der Waals surface area contributed by atoms with Crippen LogP contribution in [0.2, 0.25) is 0 Å². The van der Waals surface area contributed by atoms with E-state index in [4.69, 9.17) is 0 Å². The summed E-state index contributed by atoms with van der Waals surface area (Å²) in [5.41, 5.74) is 1.30. The van der Waals surface area contributed by atoms with Gasteiger partial charge < -0.3 is 0 Å². The van der Waals surface area contributed by atoms with Crippen molar-refractivity contribution in [3.05, 3.63) is 35.8 Å². The molecule has 1 nitrogen and oxygen atoms in total. The van der Waals surface area contributed by atoms with Crippen LogP contribution in [-0.2, 0) is 0 Å². The van der Waals surface area contributed by atoms with Crippen LogP contribution in [0.1, 0.15) is 27.7 Å². The Morgan fingerprint density at radius 3 is 2.31 bits per heavy atom. The van der Waals surface area contributed by atoms with Gasteiger partial charge in [-0.05, 0) is 33.8 Å². The first-order valence-electron chi connectivity index (χ1n) is 4.27. The Morgan fingerprint density at radius 2 is 1.85 bits per heavy atom. The van der Waals surface area contributed by atoms with E-state index in [9.17, 15) is 4.39 Å². The second kappa shape index (κ2) is 6.35. The summed E-state index contributed by atoms with van der Waals surface area (Å²) in [6.45, 7) is 7.21. The van der Waals surface area contributed by atoms with Gasteiger partial charge in [0.15, 0.2) is 0 Å². The van der Waals surface area contributed by atoms with Gasteiger partial charge >= 0.3 is 0 Å². The van der Waals surface area contributed by atoms with E-state index in [2.05, 4.69) is 4.99 Å². The summed E-state index contributed by atoms with van der Waals surface area (Å²) in [5.74, 6) is -0.284. The number of halogens is 1. The van der Waals surface area contributed by atoms with Gasteiger partial charge in [-0.15, -0.1) is 0 Å². The Labute approximate surface area is 79.4 Å². The average molecular weight is 181 g/mol. The molecule has 0 saturated carbocycles. The maximum atomic E-state index is 13.2. The van der Waals surface area contributed by atoms with Crippen LogP contribution >= 0.6 is 0 Å². The van der Waals surface area contributed by atoms with Crippen LogP contribution < -0.4 is 0 Å². The van der Waals surface area contributed by atoms with E-state index in [1.54, 1.807) is 19.2 Å². The van der Waals surface area contributed by atoms with Gasteiger partial charge in [-0.3, -0.25) is 4.99 Å². The van der Waals surface area contributed by atoms with Crippen LogP contribution in [0.4, 0.5) is 4.39 Å². The fourth-order valence-corrected chi connectivity index (χ4v) is 0.636. The lowest BCUT2D eigenvalue weighted by molar-refractivity contribution is 0.679. The van der Waals surface area contributed by atoms with E-state index in [1.165, 1.54) is 6.08 Å². The van der Waals surface area contributed by atoms with Gasteiger partial charge in [0.05, 0.1) is 5.71 Å². The molecule has 0 atom stereocenters. The third-order valence-electron chi connectivity index (χ3n) is 1.57. The van der Waals surface area contributed by atoms with Crippen molar-refractivity contribution in [2.75, 3.05) is 0 Å². The molecule has 0 rings (SSSR count). The van der Waals surface area contributed by atoms with Crippen molar-refractivity contribution in [3.63, 3.8) is 0 Å². The van der Waals surface area contributed by atoms with E-state index < -0.39 is 0 Å². The molecule has 0 aromatic carbocycles. The number of aliphatic imine (C=N–C) groups is 1. The molecule has 0 fully saturated rings. The molecule has 0 aromatic rings. The molecule has 0 bridgehead atoms. The molecule has 0 saturated heterocycles. The summed E-state index contributed by atoms with van der Waals surface area (Å²) in [6.07, 6.45) is 6.66. The Kier molecular flexibility index (Phi) is 5.77. The fraction of sp³-hybridized carbons (Fsp3) is 0.364. The normalized spacial score (nSPS) is 15.6. The molecule has 0 N–H and O–H groups in total. The standard InChI is InChI=1S/C11H16FN/c1-5-7-13-10(4)11(12)8-9(3)6-2/h5-8H,1-4H3/b7-5-,9-6-,11-8+,13-10-. The van der Waals surface area contributed by atoms with Crippen LogP contribution in [0.3, 0.4) is 0 Å². The van der Waals surface area contributed by atoms with Crippen molar-refractivity contribution in [2.24, 2.45) is 4.99 Å². The number of hydrogen-bond donors (Lipinski definition) is 0. The molecule has 0 radical (unpaired) electrons. The van der Waals surface area contributed by atoms with Crippen molar-refractivity contribution < 1.29 is 4.39 Å². The maximum Gasteiger partial charge on any atom is 0.144 e. The minimum absolute atomic E-state index is 0.284. The first-order chi connectivity index (χ1) is 6.11. The van der Waals surface area contributed by atoms with Crippen LogP contribution in [0.5, 0.6) is 0 Å². The van der Waals surface area contributed by atoms with Gasteiger partial charge in [-0.2, -0.15) is 0 Å². The van der Waals surface area contributed by atoms with E-state index >= 15 is 0 Å². The summed E-state index contributed by atoms with van der Waals surface area (Å²) in [5, 5.41) is 0. The number of rotatable bonds is 3. The zero-order valence-electron chi connectivity index (χ0n) is 8.63. The summed E-state index contributed by atoms with van der Waals surface area (Å²) >= 11 is 0. The highest BCUT2D eigenvalue weighted by atomic mass is 19.1. The predicted molar refractivity (Wildman–Crippen MR) is 56.5 cm³/mol. The van der Waals surface area contributed by atoms with Crippen molar-refractivity contribution in [3.8, 4) is 0 Å². The van der Waals surface area contributed by atoms with Crippen molar-refractivity contribution in [1.82, 2.24) is 0 Å². The predicted octanol–water partition coefficient (Wildman–Crippen LogP) is 3.80. The Balaban J connectivity index is 4.59. The van der Waals surface area contributed by atoms with E-state index in [1.807, 2.05) is 26.8 Å². The molecule has 0 heterocycles.